The molecule has 0 spiro atoms. The van der Waals surface area contributed by atoms with Gasteiger partial charge in [-0.15, -0.1) is 0 Å². The number of benzene rings is 1. The maximum absolute atomic E-state index is 8.93. The van der Waals surface area contributed by atoms with Crippen molar-refractivity contribution >= 4 is 11.8 Å². The van der Waals surface area contributed by atoms with Gasteiger partial charge in [0.2, 0.25) is 0 Å². The highest BCUT2D eigenvalue weighted by molar-refractivity contribution is 7.99. The van der Waals surface area contributed by atoms with Gasteiger partial charge in [0.15, 0.2) is 0 Å². The predicted molar refractivity (Wildman–Crippen MR) is 67.3 cm³/mol. The van der Waals surface area contributed by atoms with Gasteiger partial charge in [0, 0.05) is 6.20 Å². The fraction of sp³-hybridized carbons (Fsp3) is 0.154. The van der Waals surface area contributed by atoms with E-state index in [-0.39, 0.29) is 6.61 Å². The number of para-hydroxylation sites is 1. The number of aliphatic hydroxyl groups excluding tert-OH is 1. The van der Waals surface area contributed by atoms with Crippen LogP contribution < -0.4 is 4.74 Å². The Labute approximate surface area is 104 Å². The first-order chi connectivity index (χ1) is 8.33. The lowest BCUT2D eigenvalue weighted by Crippen LogP contribution is -1.88. The molecule has 0 unspecified atom stereocenters. The first-order valence-electron chi connectivity index (χ1n) is 5.20. The minimum Gasteiger partial charge on any atom is -0.496 e. The quantitative estimate of drug-likeness (QED) is 0.902. The molecule has 1 aromatic heterocycles. The molecule has 0 aliphatic carbocycles. The van der Waals surface area contributed by atoms with Crippen molar-refractivity contribution < 1.29 is 9.84 Å². The Morgan fingerprint density at radius 1 is 1.24 bits per heavy atom. The van der Waals surface area contributed by atoms with Crippen molar-refractivity contribution in [1.29, 1.82) is 0 Å². The zero-order valence-electron chi connectivity index (χ0n) is 9.46. The molecule has 0 aliphatic rings. The first kappa shape index (κ1) is 12.0. The third-order valence-electron chi connectivity index (χ3n) is 2.26. The Kier molecular flexibility index (Phi) is 4.01. The van der Waals surface area contributed by atoms with Gasteiger partial charge < -0.3 is 9.84 Å². The largest absolute Gasteiger partial charge is 0.496 e. The van der Waals surface area contributed by atoms with Gasteiger partial charge in [-0.3, -0.25) is 0 Å². The van der Waals surface area contributed by atoms with Gasteiger partial charge in [-0.25, -0.2) is 4.98 Å². The van der Waals surface area contributed by atoms with Crippen molar-refractivity contribution in [2.24, 2.45) is 0 Å². The highest BCUT2D eigenvalue weighted by atomic mass is 32.2. The lowest BCUT2D eigenvalue weighted by Gasteiger charge is -2.07. The Morgan fingerprint density at radius 3 is 2.71 bits per heavy atom. The summed E-state index contributed by atoms with van der Waals surface area (Å²) in [6.45, 7) is 0.0204. The molecule has 0 saturated carbocycles. The molecule has 0 aliphatic heterocycles. The lowest BCUT2D eigenvalue weighted by molar-refractivity contribution is 0.281. The molecule has 3 nitrogen and oxygen atoms in total. The van der Waals surface area contributed by atoms with Gasteiger partial charge in [-0.2, -0.15) is 0 Å². The number of hydrogen-bond donors (Lipinski definition) is 1. The normalized spacial score (nSPS) is 10.2. The number of pyridine rings is 1. The van der Waals surface area contributed by atoms with Crippen LogP contribution in [0, 0.1) is 0 Å². The third-order valence-corrected chi connectivity index (χ3v) is 3.27. The van der Waals surface area contributed by atoms with E-state index < -0.39 is 0 Å². The van der Waals surface area contributed by atoms with E-state index in [0.29, 0.717) is 0 Å². The van der Waals surface area contributed by atoms with Crippen molar-refractivity contribution in [3.05, 3.63) is 48.2 Å². The topological polar surface area (TPSA) is 42.4 Å². The second-order valence-corrected chi connectivity index (χ2v) is 4.48. The number of hydrogen-bond acceptors (Lipinski definition) is 4. The van der Waals surface area contributed by atoms with Crippen LogP contribution in [0.5, 0.6) is 5.75 Å². The second kappa shape index (κ2) is 5.70. The molecule has 88 valence electrons. The molecule has 0 atom stereocenters. The highest BCUT2D eigenvalue weighted by Gasteiger charge is 2.04. The fourth-order valence-electron chi connectivity index (χ4n) is 1.38. The summed E-state index contributed by atoms with van der Waals surface area (Å²) in [7, 11) is 1.65. The van der Waals surface area contributed by atoms with E-state index in [1.807, 2.05) is 36.4 Å². The molecule has 0 amide bonds. The van der Waals surface area contributed by atoms with E-state index in [2.05, 4.69) is 4.98 Å². The molecule has 0 fully saturated rings. The van der Waals surface area contributed by atoms with E-state index in [4.69, 9.17) is 9.84 Å². The molecule has 0 bridgehead atoms. The molecular weight excluding hydrogens is 234 g/mol. The SMILES string of the molecule is COc1ccccc1Sc1ccc(CO)cn1. The van der Waals surface area contributed by atoms with E-state index in [1.54, 1.807) is 25.1 Å². The summed E-state index contributed by atoms with van der Waals surface area (Å²) in [5.74, 6) is 0.838. The molecular formula is C13H13NO2S. The Morgan fingerprint density at radius 2 is 2.06 bits per heavy atom. The van der Waals surface area contributed by atoms with Gasteiger partial charge in [-0.1, -0.05) is 30.0 Å². The minimum atomic E-state index is 0.0204. The average Bonchev–Trinajstić information content (AvgIpc) is 2.40. The smallest absolute Gasteiger partial charge is 0.132 e. The summed E-state index contributed by atoms with van der Waals surface area (Å²) in [6, 6.07) is 11.6. The minimum absolute atomic E-state index is 0.0204. The van der Waals surface area contributed by atoms with Gasteiger partial charge in [0.05, 0.1) is 18.6 Å². The summed E-state index contributed by atoms with van der Waals surface area (Å²) in [5, 5.41) is 9.81. The van der Waals surface area contributed by atoms with Crippen LogP contribution in [0.1, 0.15) is 5.56 Å². The zero-order valence-corrected chi connectivity index (χ0v) is 10.3. The highest BCUT2D eigenvalue weighted by Crippen LogP contribution is 2.33. The second-order valence-electron chi connectivity index (χ2n) is 3.42. The number of methoxy groups -OCH3 is 1. The lowest BCUT2D eigenvalue weighted by atomic mass is 10.3. The van der Waals surface area contributed by atoms with Gasteiger partial charge in [-0.05, 0) is 23.8 Å². The molecule has 1 heterocycles. The number of ether oxygens (including phenoxy) is 1. The fourth-order valence-corrected chi connectivity index (χ4v) is 2.25. The third kappa shape index (κ3) is 2.99. The summed E-state index contributed by atoms with van der Waals surface area (Å²) in [4.78, 5) is 5.29. The van der Waals surface area contributed by atoms with Crippen molar-refractivity contribution in [3.8, 4) is 5.75 Å². The van der Waals surface area contributed by atoms with E-state index in [9.17, 15) is 0 Å². The molecule has 17 heavy (non-hydrogen) atoms. The predicted octanol–water partition coefficient (Wildman–Crippen LogP) is 2.73. The summed E-state index contributed by atoms with van der Waals surface area (Å²) < 4.78 is 5.27. The van der Waals surface area contributed by atoms with Crippen molar-refractivity contribution in [3.63, 3.8) is 0 Å². The van der Waals surface area contributed by atoms with Gasteiger partial charge in [0.1, 0.15) is 10.8 Å². The Balaban J connectivity index is 2.19. The number of aliphatic hydroxyl groups is 1. The average molecular weight is 247 g/mol. The van der Waals surface area contributed by atoms with Crippen LogP contribution in [0.4, 0.5) is 0 Å². The first-order valence-corrected chi connectivity index (χ1v) is 6.02. The van der Waals surface area contributed by atoms with Crippen LogP contribution in [-0.2, 0) is 6.61 Å². The van der Waals surface area contributed by atoms with Crippen LogP contribution in [0.2, 0.25) is 0 Å². The van der Waals surface area contributed by atoms with Crippen molar-refractivity contribution in [1.82, 2.24) is 4.98 Å². The van der Waals surface area contributed by atoms with Crippen molar-refractivity contribution in [2.45, 2.75) is 16.5 Å². The van der Waals surface area contributed by atoms with E-state index in [1.165, 1.54) is 0 Å². The maximum atomic E-state index is 8.93. The van der Waals surface area contributed by atoms with Gasteiger partial charge >= 0.3 is 0 Å². The Bertz CT molecular complexity index is 485. The van der Waals surface area contributed by atoms with Crippen LogP contribution in [0.25, 0.3) is 0 Å². The molecule has 2 aromatic rings. The summed E-state index contributed by atoms with van der Waals surface area (Å²) >= 11 is 1.54. The van der Waals surface area contributed by atoms with E-state index >= 15 is 0 Å². The Hall–Kier alpha value is -1.52. The maximum Gasteiger partial charge on any atom is 0.132 e. The van der Waals surface area contributed by atoms with Crippen LogP contribution in [-0.4, -0.2) is 17.2 Å². The molecule has 1 aromatic carbocycles. The number of rotatable bonds is 4. The van der Waals surface area contributed by atoms with Crippen LogP contribution in [0.15, 0.2) is 52.5 Å². The standard InChI is InChI=1S/C13H13NO2S/c1-16-11-4-2-3-5-12(11)17-13-7-6-10(9-15)8-14-13/h2-8,15H,9H2,1H3. The molecule has 2 rings (SSSR count). The molecule has 4 heteroatoms. The molecule has 0 saturated heterocycles. The van der Waals surface area contributed by atoms with Crippen LogP contribution >= 0.6 is 11.8 Å². The summed E-state index contributed by atoms with van der Waals surface area (Å²) in [6.07, 6.45) is 1.68. The summed E-state index contributed by atoms with van der Waals surface area (Å²) in [5.41, 5.74) is 0.814. The van der Waals surface area contributed by atoms with Crippen molar-refractivity contribution in [2.75, 3.05) is 7.11 Å². The monoisotopic (exact) mass is 247 g/mol. The van der Waals surface area contributed by atoms with Gasteiger partial charge in [0.25, 0.3) is 0 Å². The zero-order chi connectivity index (χ0) is 12.1. The van der Waals surface area contributed by atoms with E-state index in [0.717, 1.165) is 21.2 Å². The number of nitrogens with zero attached hydrogens (tertiary/aromatic N) is 1. The molecule has 0 radical (unpaired) electrons. The molecule has 1 N–H and O–H groups in total. The van der Waals surface area contributed by atoms with Crippen LogP contribution in [0.3, 0.4) is 0 Å². The number of aromatic nitrogens is 1.